The van der Waals surface area contributed by atoms with Gasteiger partial charge in [-0.3, -0.25) is 4.79 Å². The number of benzene rings is 2. The molecule has 0 amide bonds. The summed E-state index contributed by atoms with van der Waals surface area (Å²) in [6, 6.07) is 12.8. The van der Waals surface area contributed by atoms with Crippen molar-refractivity contribution in [2.24, 2.45) is 0 Å². The molecular formula is C17H17NO3. The van der Waals surface area contributed by atoms with Crippen molar-refractivity contribution in [3.8, 4) is 11.5 Å². The number of ether oxygens (including phenoxy) is 2. The molecule has 1 heterocycles. The quantitative estimate of drug-likeness (QED) is 0.877. The van der Waals surface area contributed by atoms with E-state index < -0.39 is 0 Å². The number of carbonyl (C=O) groups excluding carboxylic acids is 1. The zero-order valence-electron chi connectivity index (χ0n) is 11.8. The number of hydrogen-bond donors (Lipinski definition) is 1. The first-order valence-corrected chi connectivity index (χ1v) is 6.99. The number of hydrogen-bond acceptors (Lipinski definition) is 4. The fourth-order valence-corrected chi connectivity index (χ4v) is 2.47. The van der Waals surface area contributed by atoms with Crippen LogP contribution in [0.15, 0.2) is 42.5 Å². The Hall–Kier alpha value is -2.49. The predicted molar refractivity (Wildman–Crippen MR) is 80.8 cm³/mol. The van der Waals surface area contributed by atoms with Crippen LogP contribution in [-0.2, 0) is 0 Å². The molecule has 1 atom stereocenters. The van der Waals surface area contributed by atoms with Crippen LogP contribution in [0.2, 0.25) is 0 Å². The van der Waals surface area contributed by atoms with Gasteiger partial charge in [0.1, 0.15) is 17.6 Å². The summed E-state index contributed by atoms with van der Waals surface area (Å²) in [5.74, 6) is 1.47. The molecule has 2 aromatic carbocycles. The highest BCUT2D eigenvalue weighted by molar-refractivity contribution is 6.00. The molecule has 0 radical (unpaired) electrons. The Morgan fingerprint density at radius 1 is 1.24 bits per heavy atom. The van der Waals surface area contributed by atoms with Gasteiger partial charge < -0.3 is 15.2 Å². The van der Waals surface area contributed by atoms with E-state index in [-0.39, 0.29) is 11.9 Å². The first kappa shape index (κ1) is 13.5. The maximum Gasteiger partial charge on any atom is 0.170 e. The summed E-state index contributed by atoms with van der Waals surface area (Å²) in [7, 11) is 0. The Kier molecular flexibility index (Phi) is 3.52. The topological polar surface area (TPSA) is 61.5 Å². The van der Waals surface area contributed by atoms with Crippen molar-refractivity contribution in [3.63, 3.8) is 0 Å². The number of rotatable bonds is 3. The number of nitrogens with two attached hydrogens (primary N) is 1. The molecule has 0 saturated heterocycles. The molecule has 4 heteroatoms. The van der Waals surface area contributed by atoms with Crippen molar-refractivity contribution in [2.75, 3.05) is 12.3 Å². The van der Waals surface area contributed by atoms with E-state index in [1.54, 1.807) is 18.2 Å². The van der Waals surface area contributed by atoms with Crippen molar-refractivity contribution >= 4 is 11.5 Å². The molecule has 0 aromatic heterocycles. The van der Waals surface area contributed by atoms with Crippen LogP contribution in [0.1, 0.15) is 35.4 Å². The van der Waals surface area contributed by atoms with Gasteiger partial charge in [0, 0.05) is 5.69 Å². The fourth-order valence-electron chi connectivity index (χ4n) is 2.47. The number of Topliss-reactive ketones (excluding diaryl/α,β-unsaturated/α-hetero) is 1. The maximum absolute atomic E-state index is 12.2. The van der Waals surface area contributed by atoms with Gasteiger partial charge >= 0.3 is 0 Å². The van der Waals surface area contributed by atoms with E-state index >= 15 is 0 Å². The Morgan fingerprint density at radius 2 is 2.00 bits per heavy atom. The lowest BCUT2D eigenvalue weighted by Gasteiger charge is -2.25. The molecule has 2 N–H and O–H groups in total. The molecule has 1 aliphatic rings. The average Bonchev–Trinajstić information content (AvgIpc) is 2.49. The number of carbonyl (C=O) groups is 1. The van der Waals surface area contributed by atoms with E-state index in [1.165, 1.54) is 0 Å². The van der Waals surface area contributed by atoms with E-state index in [1.807, 2.05) is 31.2 Å². The Morgan fingerprint density at radius 3 is 2.71 bits per heavy atom. The molecule has 1 unspecified atom stereocenters. The largest absolute Gasteiger partial charge is 0.494 e. The highest BCUT2D eigenvalue weighted by Gasteiger charge is 2.27. The van der Waals surface area contributed by atoms with E-state index in [0.29, 0.717) is 30.0 Å². The van der Waals surface area contributed by atoms with Gasteiger partial charge in [-0.1, -0.05) is 12.1 Å². The van der Waals surface area contributed by atoms with Crippen LogP contribution < -0.4 is 15.2 Å². The molecule has 0 aliphatic carbocycles. The van der Waals surface area contributed by atoms with Crippen LogP contribution >= 0.6 is 0 Å². The maximum atomic E-state index is 12.2. The standard InChI is InChI=1S/C17H17NO3/c1-2-20-13-6-3-11(4-7-13)17-10-15(19)14-9-12(18)5-8-16(14)21-17/h3-9,17H,2,10,18H2,1H3. The van der Waals surface area contributed by atoms with Gasteiger partial charge in [0.2, 0.25) is 0 Å². The summed E-state index contributed by atoms with van der Waals surface area (Å²) in [6.07, 6.45) is 0.0639. The van der Waals surface area contributed by atoms with Crippen molar-refractivity contribution in [2.45, 2.75) is 19.4 Å². The average molecular weight is 283 g/mol. The Bertz CT molecular complexity index is 664. The van der Waals surface area contributed by atoms with Gasteiger partial charge in [-0.2, -0.15) is 0 Å². The predicted octanol–water partition coefficient (Wildman–Crippen LogP) is 3.37. The van der Waals surface area contributed by atoms with E-state index in [4.69, 9.17) is 15.2 Å². The lowest BCUT2D eigenvalue weighted by Crippen LogP contribution is -2.20. The highest BCUT2D eigenvalue weighted by Crippen LogP contribution is 2.36. The Balaban J connectivity index is 1.85. The van der Waals surface area contributed by atoms with Gasteiger partial charge in [0.25, 0.3) is 0 Å². The summed E-state index contributed by atoms with van der Waals surface area (Å²) in [5, 5.41) is 0. The smallest absolute Gasteiger partial charge is 0.170 e. The third-order valence-corrected chi connectivity index (χ3v) is 3.51. The second-order valence-electron chi connectivity index (χ2n) is 4.99. The van der Waals surface area contributed by atoms with Crippen LogP contribution in [0.5, 0.6) is 11.5 Å². The van der Waals surface area contributed by atoms with Crippen molar-refractivity contribution < 1.29 is 14.3 Å². The zero-order valence-corrected chi connectivity index (χ0v) is 11.8. The monoisotopic (exact) mass is 283 g/mol. The highest BCUT2D eigenvalue weighted by atomic mass is 16.5. The van der Waals surface area contributed by atoms with Crippen LogP contribution in [0.3, 0.4) is 0 Å². The molecule has 21 heavy (non-hydrogen) atoms. The van der Waals surface area contributed by atoms with Gasteiger partial charge in [0.05, 0.1) is 18.6 Å². The number of ketones is 1. The second-order valence-corrected chi connectivity index (χ2v) is 4.99. The van der Waals surface area contributed by atoms with Gasteiger partial charge in [-0.25, -0.2) is 0 Å². The van der Waals surface area contributed by atoms with Gasteiger partial charge in [-0.05, 0) is 42.8 Å². The third-order valence-electron chi connectivity index (χ3n) is 3.51. The first-order chi connectivity index (χ1) is 10.2. The van der Waals surface area contributed by atoms with Gasteiger partial charge in [0.15, 0.2) is 5.78 Å². The van der Waals surface area contributed by atoms with Crippen LogP contribution in [0, 0.1) is 0 Å². The molecule has 0 spiro atoms. The third kappa shape index (κ3) is 2.70. The van der Waals surface area contributed by atoms with Crippen molar-refractivity contribution in [1.29, 1.82) is 0 Å². The van der Waals surface area contributed by atoms with Crippen LogP contribution in [-0.4, -0.2) is 12.4 Å². The van der Waals surface area contributed by atoms with E-state index in [0.717, 1.165) is 11.3 Å². The molecule has 2 aromatic rings. The van der Waals surface area contributed by atoms with Gasteiger partial charge in [-0.15, -0.1) is 0 Å². The lowest BCUT2D eigenvalue weighted by atomic mass is 9.96. The lowest BCUT2D eigenvalue weighted by molar-refractivity contribution is 0.0850. The van der Waals surface area contributed by atoms with E-state index in [9.17, 15) is 4.79 Å². The fraction of sp³-hybridized carbons (Fsp3) is 0.235. The molecule has 4 nitrogen and oxygen atoms in total. The molecule has 108 valence electrons. The molecule has 0 fully saturated rings. The molecule has 3 rings (SSSR count). The molecular weight excluding hydrogens is 266 g/mol. The van der Waals surface area contributed by atoms with Crippen LogP contribution in [0.25, 0.3) is 0 Å². The molecule has 0 saturated carbocycles. The van der Waals surface area contributed by atoms with E-state index in [2.05, 4.69) is 0 Å². The second kappa shape index (κ2) is 5.48. The normalized spacial score (nSPS) is 17.0. The summed E-state index contributed by atoms with van der Waals surface area (Å²) >= 11 is 0. The SMILES string of the molecule is CCOc1ccc(C2CC(=O)c3cc(N)ccc3O2)cc1. The number of nitrogen functional groups attached to an aromatic ring is 1. The zero-order chi connectivity index (χ0) is 14.8. The summed E-state index contributed by atoms with van der Waals surface area (Å²) in [6.45, 7) is 2.58. The minimum atomic E-state index is -0.260. The first-order valence-electron chi connectivity index (χ1n) is 6.99. The number of fused-ring (bicyclic) bond motifs is 1. The molecule has 0 bridgehead atoms. The summed E-state index contributed by atoms with van der Waals surface area (Å²) in [5.41, 5.74) is 7.82. The minimum Gasteiger partial charge on any atom is -0.494 e. The van der Waals surface area contributed by atoms with Crippen molar-refractivity contribution in [1.82, 2.24) is 0 Å². The van der Waals surface area contributed by atoms with Crippen LogP contribution in [0.4, 0.5) is 5.69 Å². The number of anilines is 1. The molecule has 1 aliphatic heterocycles. The Labute approximate surface area is 123 Å². The summed E-state index contributed by atoms with van der Waals surface area (Å²) < 4.78 is 11.3. The summed E-state index contributed by atoms with van der Waals surface area (Å²) in [4.78, 5) is 12.2. The van der Waals surface area contributed by atoms with Crippen molar-refractivity contribution in [3.05, 3.63) is 53.6 Å². The minimum absolute atomic E-state index is 0.0578.